The highest BCUT2D eigenvalue weighted by Crippen LogP contribution is 2.31. The second-order valence-electron chi connectivity index (χ2n) is 7.59. The van der Waals surface area contributed by atoms with Gasteiger partial charge in [0.2, 0.25) is 5.91 Å². The molecule has 0 saturated heterocycles. The molecule has 0 fully saturated rings. The Labute approximate surface area is 195 Å². The van der Waals surface area contributed by atoms with Crippen molar-refractivity contribution in [2.45, 2.75) is 25.9 Å². The first-order valence-corrected chi connectivity index (χ1v) is 11.7. The number of nitrogens with zero attached hydrogens (tertiary/aromatic N) is 2. The normalized spacial score (nSPS) is 12.6. The lowest BCUT2D eigenvalue weighted by atomic mass is 9.99. The van der Waals surface area contributed by atoms with Crippen LogP contribution < -0.4 is 5.32 Å². The SMILES string of the molecule is CC(Cc1cccc(C(F)(F)F)c1)C(=O)Nc1nc2ccc(CC(=O)c3cscn3)cc2s1. The largest absolute Gasteiger partial charge is 0.416 e. The topological polar surface area (TPSA) is 72.0 Å². The van der Waals surface area contributed by atoms with Gasteiger partial charge in [-0.05, 0) is 35.7 Å². The summed E-state index contributed by atoms with van der Waals surface area (Å²) in [6.45, 7) is 1.66. The molecule has 1 amide bonds. The third-order valence-corrected chi connectivity index (χ3v) is 6.53. The molecule has 2 heterocycles. The number of carbonyl (C=O) groups excluding carboxylic acids is 2. The summed E-state index contributed by atoms with van der Waals surface area (Å²) in [6.07, 6.45) is -4.04. The van der Waals surface area contributed by atoms with Crippen LogP contribution in [0.15, 0.2) is 53.4 Å². The summed E-state index contributed by atoms with van der Waals surface area (Å²) < 4.78 is 39.6. The molecule has 1 atom stereocenters. The van der Waals surface area contributed by atoms with Gasteiger partial charge >= 0.3 is 6.18 Å². The van der Waals surface area contributed by atoms with Gasteiger partial charge in [-0.15, -0.1) is 11.3 Å². The average Bonchev–Trinajstić information content (AvgIpc) is 3.42. The van der Waals surface area contributed by atoms with E-state index in [0.717, 1.165) is 22.4 Å². The van der Waals surface area contributed by atoms with Gasteiger partial charge in [-0.2, -0.15) is 13.2 Å². The van der Waals surface area contributed by atoms with E-state index in [2.05, 4.69) is 15.3 Å². The highest BCUT2D eigenvalue weighted by Gasteiger charge is 2.30. The maximum Gasteiger partial charge on any atom is 0.416 e. The van der Waals surface area contributed by atoms with Crippen molar-refractivity contribution in [1.82, 2.24) is 9.97 Å². The molecule has 0 bridgehead atoms. The molecule has 4 rings (SSSR count). The second-order valence-corrected chi connectivity index (χ2v) is 9.34. The number of rotatable bonds is 7. The van der Waals surface area contributed by atoms with Crippen LogP contribution in [0.3, 0.4) is 0 Å². The molecular formula is C23H18F3N3O2S2. The second kappa shape index (κ2) is 9.40. The standard InChI is InChI=1S/C23H18F3N3O2S2/c1-13(7-14-3-2-4-16(8-14)23(24,25)26)21(31)29-22-28-17-6-5-15(10-20(17)33-22)9-19(30)18-11-32-12-27-18/h2-6,8,10-13H,7,9H2,1H3,(H,28,29,31). The Morgan fingerprint density at radius 3 is 2.67 bits per heavy atom. The van der Waals surface area contributed by atoms with Crippen LogP contribution in [0.4, 0.5) is 18.3 Å². The van der Waals surface area contributed by atoms with Crippen LogP contribution in [-0.4, -0.2) is 21.7 Å². The molecule has 0 aliphatic heterocycles. The van der Waals surface area contributed by atoms with Crippen LogP contribution in [0.25, 0.3) is 10.2 Å². The molecular weight excluding hydrogens is 471 g/mol. The number of benzene rings is 2. The van der Waals surface area contributed by atoms with Crippen molar-refractivity contribution in [3.8, 4) is 0 Å². The zero-order chi connectivity index (χ0) is 23.6. The molecule has 0 radical (unpaired) electrons. The van der Waals surface area contributed by atoms with E-state index in [0.29, 0.717) is 21.9 Å². The van der Waals surface area contributed by atoms with Crippen LogP contribution in [0, 0.1) is 5.92 Å². The number of carbonyl (C=O) groups is 2. The number of amides is 1. The van der Waals surface area contributed by atoms with Gasteiger partial charge in [0.1, 0.15) is 5.69 Å². The number of alkyl halides is 3. The summed E-state index contributed by atoms with van der Waals surface area (Å²) >= 11 is 2.64. The number of aromatic nitrogens is 2. The Morgan fingerprint density at radius 1 is 1.12 bits per heavy atom. The molecule has 0 saturated carbocycles. The van der Waals surface area contributed by atoms with Crippen molar-refractivity contribution >= 4 is 49.7 Å². The van der Waals surface area contributed by atoms with Crippen LogP contribution >= 0.6 is 22.7 Å². The fraction of sp³-hybridized carbons (Fsp3) is 0.217. The van der Waals surface area contributed by atoms with E-state index >= 15 is 0 Å². The number of halogens is 3. The number of thiazole rings is 2. The maximum atomic E-state index is 12.9. The van der Waals surface area contributed by atoms with Crippen LogP contribution in [-0.2, 0) is 23.8 Å². The smallest absolute Gasteiger partial charge is 0.302 e. The number of nitrogens with one attached hydrogen (secondary N) is 1. The van der Waals surface area contributed by atoms with Crippen LogP contribution in [0.2, 0.25) is 0 Å². The van der Waals surface area contributed by atoms with E-state index in [1.807, 2.05) is 12.1 Å². The Morgan fingerprint density at radius 2 is 1.94 bits per heavy atom. The minimum absolute atomic E-state index is 0.0722. The minimum Gasteiger partial charge on any atom is -0.302 e. The zero-order valence-electron chi connectivity index (χ0n) is 17.3. The molecule has 1 unspecified atom stereocenters. The van der Waals surface area contributed by atoms with Crippen molar-refractivity contribution in [2.24, 2.45) is 5.92 Å². The first-order valence-electron chi connectivity index (χ1n) is 9.97. The predicted molar refractivity (Wildman–Crippen MR) is 123 cm³/mol. The first kappa shape index (κ1) is 23.1. The highest BCUT2D eigenvalue weighted by atomic mass is 32.1. The maximum absolute atomic E-state index is 12.9. The van der Waals surface area contributed by atoms with Crippen molar-refractivity contribution in [3.05, 3.63) is 75.7 Å². The van der Waals surface area contributed by atoms with Gasteiger partial charge in [-0.3, -0.25) is 9.59 Å². The third kappa shape index (κ3) is 5.63. The molecule has 1 N–H and O–H groups in total. The number of Topliss-reactive ketones (excluding diaryl/α,β-unsaturated/α-hetero) is 1. The molecule has 2 aromatic heterocycles. The molecule has 0 aliphatic carbocycles. The van der Waals surface area contributed by atoms with E-state index in [9.17, 15) is 22.8 Å². The van der Waals surface area contributed by atoms with Gasteiger partial charge in [0.25, 0.3) is 0 Å². The van der Waals surface area contributed by atoms with Crippen molar-refractivity contribution in [3.63, 3.8) is 0 Å². The van der Waals surface area contributed by atoms with E-state index < -0.39 is 17.7 Å². The average molecular weight is 490 g/mol. The lowest BCUT2D eigenvalue weighted by molar-refractivity contribution is -0.137. The van der Waals surface area contributed by atoms with Gasteiger partial charge in [-0.1, -0.05) is 42.5 Å². The number of fused-ring (bicyclic) bond motifs is 1. The fourth-order valence-corrected chi connectivity index (χ4v) is 4.80. The number of hydrogen-bond donors (Lipinski definition) is 1. The fourth-order valence-electron chi connectivity index (χ4n) is 3.31. The lowest BCUT2D eigenvalue weighted by Gasteiger charge is -2.12. The summed E-state index contributed by atoms with van der Waals surface area (Å²) in [6, 6.07) is 10.5. The molecule has 0 spiro atoms. The van der Waals surface area contributed by atoms with Crippen LogP contribution in [0.1, 0.15) is 34.1 Å². The quantitative estimate of drug-likeness (QED) is 0.323. The Balaban J connectivity index is 1.42. The van der Waals surface area contributed by atoms with Gasteiger partial charge in [0, 0.05) is 17.7 Å². The van der Waals surface area contributed by atoms with Gasteiger partial charge in [0.15, 0.2) is 10.9 Å². The van der Waals surface area contributed by atoms with E-state index in [-0.39, 0.29) is 24.5 Å². The molecule has 170 valence electrons. The Bertz CT molecular complexity index is 1300. The molecule has 4 aromatic rings. The van der Waals surface area contributed by atoms with Gasteiger partial charge < -0.3 is 5.32 Å². The number of ketones is 1. The number of hydrogen-bond acceptors (Lipinski definition) is 6. The first-order chi connectivity index (χ1) is 15.7. The molecule has 5 nitrogen and oxygen atoms in total. The van der Waals surface area contributed by atoms with E-state index in [1.165, 1.54) is 28.7 Å². The van der Waals surface area contributed by atoms with Crippen molar-refractivity contribution in [2.75, 3.05) is 5.32 Å². The summed E-state index contributed by atoms with van der Waals surface area (Å²) in [5, 5.41) is 4.86. The summed E-state index contributed by atoms with van der Waals surface area (Å²) in [5.74, 6) is -0.950. The molecule has 2 aromatic carbocycles. The predicted octanol–water partition coefficient (Wildman–Crippen LogP) is 6.01. The molecule has 10 heteroatoms. The minimum atomic E-state index is -4.42. The molecule has 0 aliphatic rings. The van der Waals surface area contributed by atoms with Crippen molar-refractivity contribution < 1.29 is 22.8 Å². The highest BCUT2D eigenvalue weighted by molar-refractivity contribution is 7.22. The van der Waals surface area contributed by atoms with E-state index in [1.54, 1.807) is 29.9 Å². The Kier molecular flexibility index (Phi) is 6.57. The zero-order valence-corrected chi connectivity index (χ0v) is 19.0. The Hall–Kier alpha value is -3.11. The summed E-state index contributed by atoms with van der Waals surface area (Å²) in [5.41, 5.74) is 3.26. The monoisotopic (exact) mass is 489 g/mol. The van der Waals surface area contributed by atoms with E-state index in [4.69, 9.17) is 0 Å². The van der Waals surface area contributed by atoms with Crippen LogP contribution in [0.5, 0.6) is 0 Å². The summed E-state index contributed by atoms with van der Waals surface area (Å²) in [7, 11) is 0. The van der Waals surface area contributed by atoms with Crippen molar-refractivity contribution in [1.29, 1.82) is 0 Å². The van der Waals surface area contributed by atoms with Gasteiger partial charge in [-0.25, -0.2) is 9.97 Å². The summed E-state index contributed by atoms with van der Waals surface area (Å²) in [4.78, 5) is 33.3. The van der Waals surface area contributed by atoms with Gasteiger partial charge in [0.05, 0.1) is 21.3 Å². The third-order valence-electron chi connectivity index (χ3n) is 5.01. The lowest BCUT2D eigenvalue weighted by Crippen LogP contribution is -2.22. The number of anilines is 1. The molecule has 33 heavy (non-hydrogen) atoms.